The van der Waals surface area contributed by atoms with Gasteiger partial charge in [-0.15, -0.1) is 0 Å². The largest absolute Gasteiger partial charge is 0.368 e. The molecule has 0 heterocycles. The summed E-state index contributed by atoms with van der Waals surface area (Å²) in [5.41, 5.74) is -0.655. The molecule has 3 nitrogen and oxygen atoms in total. The molecule has 0 aromatic rings. The summed E-state index contributed by atoms with van der Waals surface area (Å²) in [7, 11) is 1.75. The maximum Gasteiger partial charge on any atom is 0.252 e. The quantitative estimate of drug-likeness (QED) is 0.0552. The van der Waals surface area contributed by atoms with Crippen LogP contribution in [-0.4, -0.2) is 25.2 Å². The molecule has 0 aromatic heterocycles. The van der Waals surface area contributed by atoms with Crippen LogP contribution in [0.25, 0.3) is 0 Å². The van der Waals surface area contributed by atoms with Crippen LogP contribution in [0.5, 0.6) is 0 Å². The van der Waals surface area contributed by atoms with E-state index in [-0.39, 0.29) is 5.91 Å². The second kappa shape index (κ2) is 36.2. The van der Waals surface area contributed by atoms with Crippen molar-refractivity contribution in [2.75, 3.05) is 13.7 Å². The van der Waals surface area contributed by atoms with Gasteiger partial charge in [-0.3, -0.25) is 4.79 Å². The summed E-state index contributed by atoms with van der Waals surface area (Å²) >= 11 is 0. The Kier molecular flexibility index (Phi) is 35.0. The number of nitrogens with one attached hydrogen (secondary N) is 1. The minimum Gasteiger partial charge on any atom is -0.368 e. The molecule has 268 valence electrons. The van der Waals surface area contributed by atoms with Crippen molar-refractivity contribution in [3.05, 3.63) is 48.6 Å². The average Bonchev–Trinajstić information content (AvgIpc) is 3.07. The third kappa shape index (κ3) is 28.6. The predicted octanol–water partition coefficient (Wildman–Crippen LogP) is 13.7. The van der Waals surface area contributed by atoms with Crippen molar-refractivity contribution < 1.29 is 9.53 Å². The number of methoxy groups -OCH3 is 1. The first kappa shape index (κ1) is 44.4. The van der Waals surface area contributed by atoms with E-state index in [2.05, 4.69) is 74.7 Å². The van der Waals surface area contributed by atoms with Crippen molar-refractivity contribution >= 4 is 5.91 Å². The number of carbonyl (C=O) groups excluding carboxylic acids is 1. The normalized spacial score (nSPS) is 12.5. The van der Waals surface area contributed by atoms with Crippen LogP contribution in [0.4, 0.5) is 0 Å². The summed E-state index contributed by atoms with van der Waals surface area (Å²) < 4.78 is 6.04. The molecule has 0 aliphatic heterocycles. The Morgan fingerprint density at radius 1 is 0.478 bits per heavy atom. The van der Waals surface area contributed by atoms with Gasteiger partial charge in [0.25, 0.3) is 5.91 Å². The second-order valence-electron chi connectivity index (χ2n) is 13.5. The van der Waals surface area contributed by atoms with Crippen molar-refractivity contribution in [3.8, 4) is 0 Å². The number of unbranched alkanes of at least 4 members (excludes halogenated alkanes) is 19. The molecule has 0 aliphatic rings. The van der Waals surface area contributed by atoms with Crippen molar-refractivity contribution in [3.63, 3.8) is 0 Å². The van der Waals surface area contributed by atoms with Crippen molar-refractivity contribution in [2.45, 2.75) is 206 Å². The first-order valence-electron chi connectivity index (χ1n) is 20.1. The van der Waals surface area contributed by atoms with Gasteiger partial charge in [0.2, 0.25) is 0 Å². The molecule has 0 fully saturated rings. The van der Waals surface area contributed by atoms with Gasteiger partial charge in [0.1, 0.15) is 5.60 Å². The molecule has 0 rings (SSSR count). The van der Waals surface area contributed by atoms with Crippen molar-refractivity contribution in [1.29, 1.82) is 0 Å². The van der Waals surface area contributed by atoms with E-state index >= 15 is 0 Å². The summed E-state index contributed by atoms with van der Waals surface area (Å²) in [5, 5.41) is 3.20. The first-order chi connectivity index (χ1) is 22.7. The zero-order chi connectivity index (χ0) is 33.7. The SMILES string of the molecule is CCCCC/C=C\C/C=C\CCCCCCCCC(CCCCCCCC/C=C\C/C=C\CCCCC)(OC)C(=O)NCCCC. The van der Waals surface area contributed by atoms with Gasteiger partial charge in [-0.1, -0.05) is 166 Å². The Labute approximate surface area is 288 Å². The lowest BCUT2D eigenvalue weighted by Crippen LogP contribution is -2.48. The Balaban J connectivity index is 4.18. The molecular weight excluding hydrogens is 562 g/mol. The maximum absolute atomic E-state index is 13.3. The maximum atomic E-state index is 13.3. The molecule has 0 aliphatic carbocycles. The van der Waals surface area contributed by atoms with Gasteiger partial charge in [0.15, 0.2) is 0 Å². The molecule has 0 saturated carbocycles. The van der Waals surface area contributed by atoms with Crippen molar-refractivity contribution in [2.24, 2.45) is 0 Å². The standard InChI is InChI=1S/C43H79NO2/c1-5-8-11-13-15-17-19-21-23-25-27-29-31-33-35-37-39-43(46-4,42(45)44-41-10-7-3)40-38-36-34-32-30-28-26-24-22-20-18-16-14-12-9-6-2/h15-18,21-24H,5-14,19-20,25-41H2,1-4H3,(H,44,45)/b17-15-,18-16-,23-21-,24-22-. The third-order valence-electron chi connectivity index (χ3n) is 9.18. The Morgan fingerprint density at radius 2 is 0.826 bits per heavy atom. The van der Waals surface area contributed by atoms with Crippen LogP contribution >= 0.6 is 0 Å². The zero-order valence-corrected chi connectivity index (χ0v) is 31.4. The molecule has 46 heavy (non-hydrogen) atoms. The van der Waals surface area contributed by atoms with Crippen LogP contribution in [0.2, 0.25) is 0 Å². The molecule has 0 spiro atoms. The molecule has 0 saturated heterocycles. The number of hydrogen-bond donors (Lipinski definition) is 1. The number of ether oxygens (including phenoxy) is 1. The fourth-order valence-electron chi connectivity index (χ4n) is 5.99. The second-order valence-corrected chi connectivity index (χ2v) is 13.5. The van der Waals surface area contributed by atoms with Gasteiger partial charge in [-0.2, -0.15) is 0 Å². The zero-order valence-electron chi connectivity index (χ0n) is 31.4. The number of rotatable bonds is 35. The molecule has 0 unspecified atom stereocenters. The highest BCUT2D eigenvalue weighted by Gasteiger charge is 2.37. The molecular formula is C43H79NO2. The van der Waals surface area contributed by atoms with Gasteiger partial charge in [-0.25, -0.2) is 0 Å². The predicted molar refractivity (Wildman–Crippen MR) is 206 cm³/mol. The Hall–Kier alpha value is -1.61. The summed E-state index contributed by atoms with van der Waals surface area (Å²) in [4.78, 5) is 13.3. The van der Waals surface area contributed by atoms with Crippen LogP contribution in [0, 0.1) is 0 Å². The highest BCUT2D eigenvalue weighted by molar-refractivity contribution is 5.85. The lowest BCUT2D eigenvalue weighted by atomic mass is 9.88. The van der Waals surface area contributed by atoms with Gasteiger partial charge in [-0.05, 0) is 83.5 Å². The summed E-state index contributed by atoms with van der Waals surface area (Å²) in [6, 6.07) is 0. The topological polar surface area (TPSA) is 38.3 Å². The van der Waals surface area contributed by atoms with Gasteiger partial charge >= 0.3 is 0 Å². The van der Waals surface area contributed by atoms with Gasteiger partial charge in [0, 0.05) is 13.7 Å². The minimum absolute atomic E-state index is 0.119. The van der Waals surface area contributed by atoms with E-state index in [4.69, 9.17) is 4.74 Å². The Morgan fingerprint density at radius 3 is 1.20 bits per heavy atom. The summed E-state index contributed by atoms with van der Waals surface area (Å²) in [5.74, 6) is 0.119. The molecule has 0 radical (unpaired) electrons. The van der Waals surface area contributed by atoms with E-state index < -0.39 is 5.60 Å². The highest BCUT2D eigenvalue weighted by atomic mass is 16.5. The van der Waals surface area contributed by atoms with Crippen molar-refractivity contribution in [1.82, 2.24) is 5.32 Å². The van der Waals surface area contributed by atoms with E-state index in [0.717, 1.165) is 57.9 Å². The first-order valence-corrected chi connectivity index (χ1v) is 20.1. The average molecular weight is 642 g/mol. The minimum atomic E-state index is -0.655. The number of amides is 1. The monoisotopic (exact) mass is 642 g/mol. The van der Waals surface area contributed by atoms with E-state index in [0.29, 0.717) is 0 Å². The fraction of sp³-hybridized carbons (Fsp3) is 0.791. The lowest BCUT2D eigenvalue weighted by Gasteiger charge is -2.31. The van der Waals surface area contributed by atoms with E-state index in [1.165, 1.54) is 128 Å². The van der Waals surface area contributed by atoms with Crippen LogP contribution < -0.4 is 5.32 Å². The number of allylic oxidation sites excluding steroid dienone is 8. The van der Waals surface area contributed by atoms with Crippen LogP contribution in [-0.2, 0) is 9.53 Å². The molecule has 1 amide bonds. The molecule has 0 atom stereocenters. The Bertz CT molecular complexity index is 702. The molecule has 0 bridgehead atoms. The van der Waals surface area contributed by atoms with E-state index in [1.807, 2.05) is 0 Å². The van der Waals surface area contributed by atoms with Crippen LogP contribution in [0.15, 0.2) is 48.6 Å². The van der Waals surface area contributed by atoms with E-state index in [9.17, 15) is 4.79 Å². The summed E-state index contributed by atoms with van der Waals surface area (Å²) in [6.07, 6.45) is 52.2. The molecule has 0 aromatic carbocycles. The third-order valence-corrected chi connectivity index (χ3v) is 9.18. The van der Waals surface area contributed by atoms with Crippen LogP contribution in [0.1, 0.15) is 201 Å². The van der Waals surface area contributed by atoms with Crippen LogP contribution in [0.3, 0.4) is 0 Å². The highest BCUT2D eigenvalue weighted by Crippen LogP contribution is 2.27. The van der Waals surface area contributed by atoms with E-state index in [1.54, 1.807) is 7.11 Å². The fourth-order valence-corrected chi connectivity index (χ4v) is 5.99. The molecule has 1 N–H and O–H groups in total. The smallest absolute Gasteiger partial charge is 0.252 e. The van der Waals surface area contributed by atoms with Gasteiger partial charge < -0.3 is 10.1 Å². The summed E-state index contributed by atoms with van der Waals surface area (Å²) in [6.45, 7) is 7.45. The number of carbonyl (C=O) groups is 1. The lowest BCUT2D eigenvalue weighted by molar-refractivity contribution is -0.145. The number of hydrogen-bond acceptors (Lipinski definition) is 2. The molecule has 3 heteroatoms. The van der Waals surface area contributed by atoms with Gasteiger partial charge in [0.05, 0.1) is 0 Å².